The quantitative estimate of drug-likeness (QED) is 0.249. The van der Waals surface area contributed by atoms with Crippen molar-refractivity contribution in [3.8, 4) is 22.3 Å². The molecule has 0 fully saturated rings. The SMILES string of the molecule is CC1(C)c2ccccc2-c2cc3c(cc21)oc1c(-c2ccc4c(c2)oc2ccccc24)cccc13. The highest BCUT2D eigenvalue weighted by molar-refractivity contribution is 6.12. The zero-order valence-corrected chi connectivity index (χ0v) is 19.6. The van der Waals surface area contributed by atoms with Gasteiger partial charge in [-0.05, 0) is 58.1 Å². The van der Waals surface area contributed by atoms with E-state index < -0.39 is 0 Å². The zero-order chi connectivity index (χ0) is 23.3. The van der Waals surface area contributed by atoms with E-state index in [9.17, 15) is 0 Å². The highest BCUT2D eigenvalue weighted by atomic mass is 16.3. The summed E-state index contributed by atoms with van der Waals surface area (Å²) >= 11 is 0. The summed E-state index contributed by atoms with van der Waals surface area (Å²) in [5.74, 6) is 0. The van der Waals surface area contributed by atoms with E-state index in [2.05, 4.69) is 98.8 Å². The molecule has 0 saturated heterocycles. The van der Waals surface area contributed by atoms with E-state index in [4.69, 9.17) is 8.83 Å². The minimum Gasteiger partial charge on any atom is -0.456 e. The van der Waals surface area contributed by atoms with Gasteiger partial charge >= 0.3 is 0 Å². The monoisotopic (exact) mass is 450 g/mol. The van der Waals surface area contributed by atoms with Crippen molar-refractivity contribution < 1.29 is 8.83 Å². The standard InChI is InChI=1S/C33H22O2/c1-33(2)27-12-5-3-8-21(27)25-17-26-24-11-7-10-20(32(24)35-31(26)18-28(25)33)19-14-15-23-22-9-4-6-13-29(22)34-30(23)16-19/h3-18H,1-2H3. The van der Waals surface area contributed by atoms with Gasteiger partial charge < -0.3 is 8.83 Å². The lowest BCUT2D eigenvalue weighted by Crippen LogP contribution is -2.14. The third kappa shape index (κ3) is 2.44. The van der Waals surface area contributed by atoms with Gasteiger partial charge in [-0.2, -0.15) is 0 Å². The largest absolute Gasteiger partial charge is 0.456 e. The number of fused-ring (bicyclic) bond motifs is 9. The summed E-state index contributed by atoms with van der Waals surface area (Å²) in [6.07, 6.45) is 0. The molecular formula is C33H22O2. The molecule has 0 spiro atoms. The van der Waals surface area contributed by atoms with Gasteiger partial charge in [0.2, 0.25) is 0 Å². The predicted molar refractivity (Wildman–Crippen MR) is 144 cm³/mol. The summed E-state index contributed by atoms with van der Waals surface area (Å²) in [5, 5.41) is 4.59. The van der Waals surface area contributed by atoms with E-state index in [0.717, 1.165) is 55.0 Å². The molecule has 0 aliphatic heterocycles. The van der Waals surface area contributed by atoms with Crippen molar-refractivity contribution in [3.63, 3.8) is 0 Å². The molecule has 0 N–H and O–H groups in total. The fraction of sp³-hybridized carbons (Fsp3) is 0.0909. The molecular weight excluding hydrogens is 428 g/mol. The first kappa shape index (κ1) is 19.1. The van der Waals surface area contributed by atoms with Gasteiger partial charge in [-0.3, -0.25) is 0 Å². The van der Waals surface area contributed by atoms with Crippen LogP contribution in [0, 0.1) is 0 Å². The van der Waals surface area contributed by atoms with Crippen LogP contribution in [0.1, 0.15) is 25.0 Å². The fourth-order valence-corrected chi connectivity index (χ4v) is 6.11. The van der Waals surface area contributed by atoms with E-state index in [1.807, 2.05) is 12.1 Å². The van der Waals surface area contributed by atoms with Crippen molar-refractivity contribution in [3.05, 3.63) is 108 Å². The van der Waals surface area contributed by atoms with Crippen molar-refractivity contribution in [1.29, 1.82) is 0 Å². The van der Waals surface area contributed by atoms with Crippen LogP contribution in [0.15, 0.2) is 106 Å². The summed E-state index contributed by atoms with van der Waals surface area (Å²) in [7, 11) is 0. The lowest BCUT2D eigenvalue weighted by Gasteiger charge is -2.21. The normalized spacial score (nSPS) is 14.2. The number of hydrogen-bond acceptors (Lipinski definition) is 2. The van der Waals surface area contributed by atoms with Crippen LogP contribution in [0.4, 0.5) is 0 Å². The first-order valence-corrected chi connectivity index (χ1v) is 12.1. The molecule has 5 aromatic carbocycles. The summed E-state index contributed by atoms with van der Waals surface area (Å²) in [4.78, 5) is 0. The molecule has 0 radical (unpaired) electrons. The maximum atomic E-state index is 6.60. The Bertz CT molecular complexity index is 1980. The minimum atomic E-state index is -0.0474. The Kier molecular flexibility index (Phi) is 3.50. The number of benzene rings is 5. The number of para-hydroxylation sites is 2. The third-order valence-corrected chi connectivity index (χ3v) is 7.89. The lowest BCUT2D eigenvalue weighted by atomic mass is 9.82. The molecule has 7 aromatic rings. The van der Waals surface area contributed by atoms with Crippen LogP contribution >= 0.6 is 0 Å². The Labute approximate surface area is 202 Å². The van der Waals surface area contributed by atoms with E-state index in [1.54, 1.807) is 0 Å². The van der Waals surface area contributed by atoms with E-state index in [0.29, 0.717) is 0 Å². The van der Waals surface area contributed by atoms with Crippen LogP contribution in [0.2, 0.25) is 0 Å². The Morgan fingerprint density at radius 3 is 2.17 bits per heavy atom. The summed E-state index contributed by atoms with van der Waals surface area (Å²) in [6.45, 7) is 4.61. The fourth-order valence-electron chi connectivity index (χ4n) is 6.11. The van der Waals surface area contributed by atoms with E-state index >= 15 is 0 Å². The van der Waals surface area contributed by atoms with Crippen LogP contribution in [0.5, 0.6) is 0 Å². The van der Waals surface area contributed by atoms with Crippen molar-refractivity contribution in [2.75, 3.05) is 0 Å². The van der Waals surface area contributed by atoms with Crippen LogP contribution in [-0.4, -0.2) is 0 Å². The van der Waals surface area contributed by atoms with Crippen LogP contribution in [-0.2, 0) is 5.41 Å². The third-order valence-electron chi connectivity index (χ3n) is 7.89. The molecule has 0 unspecified atom stereocenters. The predicted octanol–water partition coefficient (Wildman–Crippen LogP) is 9.46. The summed E-state index contributed by atoms with van der Waals surface area (Å²) in [6, 6.07) is 34.5. The van der Waals surface area contributed by atoms with Gasteiger partial charge in [0.25, 0.3) is 0 Å². The highest BCUT2D eigenvalue weighted by Crippen LogP contribution is 2.51. The second-order valence-corrected chi connectivity index (χ2v) is 10.2. The molecule has 2 nitrogen and oxygen atoms in total. The van der Waals surface area contributed by atoms with Gasteiger partial charge in [0.15, 0.2) is 0 Å². The van der Waals surface area contributed by atoms with Gasteiger partial charge in [0.1, 0.15) is 22.3 Å². The second-order valence-electron chi connectivity index (χ2n) is 10.2. The average Bonchev–Trinajstić information content (AvgIpc) is 3.51. The van der Waals surface area contributed by atoms with Gasteiger partial charge in [-0.25, -0.2) is 0 Å². The lowest BCUT2D eigenvalue weighted by molar-refractivity contribution is 0.647. The maximum Gasteiger partial charge on any atom is 0.143 e. The van der Waals surface area contributed by atoms with Gasteiger partial charge in [0, 0.05) is 32.5 Å². The van der Waals surface area contributed by atoms with E-state index in [1.165, 1.54) is 22.3 Å². The van der Waals surface area contributed by atoms with Crippen molar-refractivity contribution in [1.82, 2.24) is 0 Å². The molecule has 1 aliphatic carbocycles. The smallest absolute Gasteiger partial charge is 0.143 e. The van der Waals surface area contributed by atoms with Crippen molar-refractivity contribution in [2.45, 2.75) is 19.3 Å². The molecule has 2 heterocycles. The zero-order valence-electron chi connectivity index (χ0n) is 19.6. The molecule has 0 amide bonds. The topological polar surface area (TPSA) is 26.3 Å². The molecule has 8 rings (SSSR count). The number of furan rings is 2. The molecule has 35 heavy (non-hydrogen) atoms. The number of hydrogen-bond donors (Lipinski definition) is 0. The van der Waals surface area contributed by atoms with Crippen LogP contribution < -0.4 is 0 Å². The Morgan fingerprint density at radius 1 is 0.486 bits per heavy atom. The first-order chi connectivity index (χ1) is 17.1. The van der Waals surface area contributed by atoms with E-state index in [-0.39, 0.29) is 5.41 Å². The van der Waals surface area contributed by atoms with Gasteiger partial charge in [-0.15, -0.1) is 0 Å². The molecule has 2 heteroatoms. The van der Waals surface area contributed by atoms with Crippen LogP contribution in [0.3, 0.4) is 0 Å². The average molecular weight is 451 g/mol. The molecule has 166 valence electrons. The molecule has 1 aliphatic rings. The molecule has 0 bridgehead atoms. The summed E-state index contributed by atoms with van der Waals surface area (Å²) in [5.41, 5.74) is 11.2. The minimum absolute atomic E-state index is 0.0474. The number of rotatable bonds is 1. The Morgan fingerprint density at radius 2 is 1.23 bits per heavy atom. The van der Waals surface area contributed by atoms with Crippen molar-refractivity contribution >= 4 is 43.9 Å². The van der Waals surface area contributed by atoms with Gasteiger partial charge in [0.05, 0.1) is 0 Å². The highest BCUT2D eigenvalue weighted by Gasteiger charge is 2.36. The van der Waals surface area contributed by atoms with Crippen molar-refractivity contribution in [2.24, 2.45) is 0 Å². The Hall–Kier alpha value is -4.30. The molecule has 0 atom stereocenters. The second kappa shape index (κ2) is 6.43. The first-order valence-electron chi connectivity index (χ1n) is 12.1. The molecule has 0 saturated carbocycles. The van der Waals surface area contributed by atoms with Gasteiger partial charge in [-0.1, -0.05) is 80.6 Å². The molecule has 2 aromatic heterocycles. The van der Waals surface area contributed by atoms with Crippen LogP contribution in [0.25, 0.3) is 66.1 Å². The maximum absolute atomic E-state index is 6.60. The summed E-state index contributed by atoms with van der Waals surface area (Å²) < 4.78 is 12.8. The Balaban J connectivity index is 1.38.